The fraction of sp³-hybridized carbons (Fsp3) is 0.111. The van der Waals surface area contributed by atoms with Gasteiger partial charge in [0, 0.05) is 21.7 Å². The topological polar surface area (TPSA) is 171 Å². The Morgan fingerprint density at radius 2 is 1.88 bits per heavy atom. The predicted octanol–water partition coefficient (Wildman–Crippen LogP) is 5.41. The molecular weight excluding hydrogens is 715 g/mol. The number of carbonyl (C=O) groups excluding carboxylic acids is 1. The van der Waals surface area contributed by atoms with E-state index in [2.05, 4.69) is 31.7 Å². The van der Waals surface area contributed by atoms with E-state index < -0.39 is 23.6 Å². The SMILES string of the molecule is CC(NC(=O)c1c[c-]cnc1NCc1ccc(-c2ccc3ncnc(N)c3c2)s1)c1ccc(F)c(F)c1.O.[NH2-].[Os+]. The van der Waals surface area contributed by atoms with Crippen LogP contribution >= 0.6 is 11.3 Å². The summed E-state index contributed by atoms with van der Waals surface area (Å²) >= 11 is 1.60. The third-order valence-corrected chi connectivity index (χ3v) is 6.96. The van der Waals surface area contributed by atoms with Gasteiger partial charge >= 0.3 is 19.8 Å². The zero-order valence-electron chi connectivity index (χ0n) is 21.1. The van der Waals surface area contributed by atoms with Gasteiger partial charge in [-0.2, -0.15) is 0 Å². The molecule has 0 fully saturated rings. The van der Waals surface area contributed by atoms with Crippen LogP contribution in [0, 0.1) is 17.7 Å². The molecule has 1 atom stereocenters. The molecule has 40 heavy (non-hydrogen) atoms. The summed E-state index contributed by atoms with van der Waals surface area (Å²) in [6.07, 6.45) is 2.92. The van der Waals surface area contributed by atoms with Crippen LogP contribution in [0.5, 0.6) is 0 Å². The number of benzene rings is 2. The van der Waals surface area contributed by atoms with E-state index in [9.17, 15) is 13.6 Å². The van der Waals surface area contributed by atoms with Crippen LogP contribution in [0.4, 0.5) is 20.4 Å². The fourth-order valence-electron chi connectivity index (χ4n) is 3.84. The smallest absolute Gasteiger partial charge is 0.693 e. The molecule has 3 aromatic heterocycles. The maximum atomic E-state index is 13.6. The number of fused-ring (bicyclic) bond motifs is 1. The van der Waals surface area contributed by atoms with Gasteiger partial charge in [0.2, 0.25) is 0 Å². The van der Waals surface area contributed by atoms with Gasteiger partial charge in [-0.25, -0.2) is 30.9 Å². The summed E-state index contributed by atoms with van der Waals surface area (Å²) in [5.41, 5.74) is 8.53. The zero-order chi connectivity index (χ0) is 25.9. The molecule has 0 saturated heterocycles. The standard InChI is InChI=1S/C27H21F2N6OS.H2N.H2O.Os/c1-15(16-4-7-21(28)22(29)12-16)35-27(36)19-3-2-10-31-26(19)32-13-18-6-9-24(37-18)17-5-8-23-20(11-17)25(30)34-14-33-23;;;/h3-12,14-15H,13H2,1H3,(H,31,32)(H,35,36)(H2,30,33,34);2*1H2;/q2*-1;;+1. The van der Waals surface area contributed by atoms with Gasteiger partial charge < -0.3 is 28.0 Å². The summed E-state index contributed by atoms with van der Waals surface area (Å²) in [5, 5.41) is 6.81. The van der Waals surface area contributed by atoms with Crippen LogP contribution < -0.4 is 16.4 Å². The first kappa shape index (κ1) is 32.3. The summed E-state index contributed by atoms with van der Waals surface area (Å²) < 4.78 is 26.9. The zero-order valence-corrected chi connectivity index (χ0v) is 24.4. The molecule has 209 valence electrons. The molecule has 1 amide bonds. The van der Waals surface area contributed by atoms with Crippen molar-refractivity contribution in [2.75, 3.05) is 11.1 Å². The van der Waals surface area contributed by atoms with Crippen LogP contribution in [0.15, 0.2) is 67.1 Å². The van der Waals surface area contributed by atoms with Crippen LogP contribution in [0.2, 0.25) is 0 Å². The minimum atomic E-state index is -0.966. The normalized spacial score (nSPS) is 11.0. The predicted molar refractivity (Wildman–Crippen MR) is 149 cm³/mol. The molecule has 8 N–H and O–H groups in total. The number of nitrogens with zero attached hydrogens (tertiary/aromatic N) is 3. The third kappa shape index (κ3) is 7.00. The summed E-state index contributed by atoms with van der Waals surface area (Å²) in [7, 11) is 0. The van der Waals surface area contributed by atoms with Gasteiger partial charge in [0.1, 0.15) is 12.1 Å². The van der Waals surface area contributed by atoms with Gasteiger partial charge in [-0.05, 0) is 54.4 Å². The van der Waals surface area contributed by atoms with E-state index >= 15 is 0 Å². The monoisotopic (exact) mass is 741 g/mol. The Morgan fingerprint density at radius 3 is 2.65 bits per heavy atom. The first-order valence-corrected chi connectivity index (χ1v) is 12.2. The number of carbonyl (C=O) groups is 1. The quantitative estimate of drug-likeness (QED) is 0.189. The Hall–Kier alpha value is -3.88. The first-order chi connectivity index (χ1) is 17.9. The Labute approximate surface area is 246 Å². The minimum Gasteiger partial charge on any atom is -0.693 e. The van der Waals surface area contributed by atoms with Gasteiger partial charge in [-0.3, -0.25) is 9.78 Å². The molecule has 1 radical (unpaired) electrons. The van der Waals surface area contributed by atoms with E-state index in [1.165, 1.54) is 24.7 Å². The summed E-state index contributed by atoms with van der Waals surface area (Å²) in [5.74, 6) is -1.49. The molecule has 0 aliphatic carbocycles. The van der Waals surface area contributed by atoms with Crippen molar-refractivity contribution in [2.45, 2.75) is 19.5 Å². The second-order valence-electron chi connectivity index (χ2n) is 8.31. The number of nitrogen functional groups attached to an aromatic ring is 1. The van der Waals surface area contributed by atoms with Gasteiger partial charge in [0.05, 0.1) is 17.4 Å². The van der Waals surface area contributed by atoms with Crippen molar-refractivity contribution in [2.24, 2.45) is 0 Å². The summed E-state index contributed by atoms with van der Waals surface area (Å²) in [4.78, 5) is 27.6. The molecule has 13 heteroatoms. The van der Waals surface area contributed by atoms with Crippen LogP contribution in [0.25, 0.3) is 27.5 Å². The maximum absolute atomic E-state index is 13.6. The Morgan fingerprint density at radius 1 is 1.07 bits per heavy atom. The molecular formula is C27H25F2N7O2OsS-. The molecule has 0 aliphatic heterocycles. The molecule has 1 unspecified atom stereocenters. The second kappa shape index (κ2) is 14.0. The van der Waals surface area contributed by atoms with Crippen molar-refractivity contribution in [3.05, 3.63) is 107 Å². The Kier molecular flexibility index (Phi) is 11.3. The fourth-order valence-corrected chi connectivity index (χ4v) is 4.79. The number of halogens is 2. The molecule has 5 aromatic rings. The summed E-state index contributed by atoms with van der Waals surface area (Å²) in [6.45, 7) is 2.14. The number of hydrogen-bond donors (Lipinski definition) is 3. The largest absolute Gasteiger partial charge is 1.00 e. The molecule has 0 saturated carbocycles. The molecule has 2 aromatic carbocycles. The molecule has 5 rings (SSSR count). The van der Waals surface area contributed by atoms with Crippen molar-refractivity contribution in [1.82, 2.24) is 20.3 Å². The Bertz CT molecular complexity index is 1620. The number of nitrogens with one attached hydrogen (secondary N) is 2. The van der Waals surface area contributed by atoms with Gasteiger partial charge in [-0.15, -0.1) is 11.3 Å². The number of nitrogens with two attached hydrogens (primary N) is 2. The van der Waals surface area contributed by atoms with Gasteiger partial charge in [0.15, 0.2) is 17.5 Å². The van der Waals surface area contributed by atoms with Crippen molar-refractivity contribution in [3.8, 4) is 10.4 Å². The first-order valence-electron chi connectivity index (χ1n) is 11.3. The third-order valence-electron chi connectivity index (χ3n) is 5.83. The average molecular weight is 740 g/mol. The van der Waals surface area contributed by atoms with Crippen LogP contribution in [0.3, 0.4) is 0 Å². The average Bonchev–Trinajstić information content (AvgIpc) is 3.38. The minimum absolute atomic E-state index is 0. The molecule has 0 bridgehead atoms. The van der Waals surface area contributed by atoms with Crippen molar-refractivity contribution < 1.29 is 38.8 Å². The van der Waals surface area contributed by atoms with E-state index in [0.717, 1.165) is 38.4 Å². The van der Waals surface area contributed by atoms with Gasteiger partial charge in [-0.1, -0.05) is 23.9 Å². The molecule has 3 heterocycles. The number of thiophene rings is 1. The number of anilines is 2. The molecule has 9 nitrogen and oxygen atoms in total. The van der Waals surface area contributed by atoms with Crippen LogP contribution in [0.1, 0.15) is 33.8 Å². The van der Waals surface area contributed by atoms with E-state index in [1.54, 1.807) is 18.3 Å². The number of aromatic nitrogens is 3. The Balaban J connectivity index is 0.00000187. The number of hydrogen-bond acceptors (Lipinski definition) is 7. The number of pyridine rings is 1. The second-order valence-corrected chi connectivity index (χ2v) is 9.48. The number of rotatable bonds is 7. The molecule has 0 spiro atoms. The van der Waals surface area contributed by atoms with Gasteiger partial charge in [0.25, 0.3) is 0 Å². The van der Waals surface area contributed by atoms with Crippen molar-refractivity contribution in [3.63, 3.8) is 0 Å². The van der Waals surface area contributed by atoms with E-state index in [0.29, 0.717) is 29.3 Å². The van der Waals surface area contributed by atoms with E-state index in [4.69, 9.17) is 5.73 Å². The van der Waals surface area contributed by atoms with Crippen LogP contribution in [-0.2, 0) is 26.3 Å². The maximum Gasteiger partial charge on any atom is 1.00 e. The summed E-state index contributed by atoms with van der Waals surface area (Å²) in [6, 6.07) is 17.2. The van der Waals surface area contributed by atoms with E-state index in [-0.39, 0.29) is 31.4 Å². The van der Waals surface area contributed by atoms with Crippen LogP contribution in [-0.4, -0.2) is 26.3 Å². The van der Waals surface area contributed by atoms with Crippen molar-refractivity contribution >= 4 is 39.8 Å². The van der Waals surface area contributed by atoms with Crippen molar-refractivity contribution in [1.29, 1.82) is 0 Å². The molecule has 0 aliphatic rings. The number of amides is 1. The van der Waals surface area contributed by atoms with E-state index in [1.807, 2.05) is 30.3 Å².